The Balaban J connectivity index is 1.38. The summed E-state index contributed by atoms with van der Waals surface area (Å²) < 4.78 is 14.3. The van der Waals surface area contributed by atoms with Crippen LogP contribution in [0.25, 0.3) is 21.6 Å². The first-order valence-corrected chi connectivity index (χ1v) is 11.4. The maximum Gasteiger partial charge on any atom is 0.254 e. The summed E-state index contributed by atoms with van der Waals surface area (Å²) in [7, 11) is 1.85. The maximum atomic E-state index is 13.5. The number of likely N-dealkylation sites (N-methyl/N-ethyl adjacent to an activating group) is 1. The van der Waals surface area contributed by atoms with Gasteiger partial charge in [0.1, 0.15) is 5.82 Å². The van der Waals surface area contributed by atoms with E-state index >= 15 is 0 Å². The van der Waals surface area contributed by atoms with Gasteiger partial charge in [0.15, 0.2) is 11.0 Å². The third-order valence-corrected chi connectivity index (χ3v) is 6.87. The van der Waals surface area contributed by atoms with E-state index in [1.165, 1.54) is 23.5 Å². The van der Waals surface area contributed by atoms with E-state index < -0.39 is 0 Å². The summed E-state index contributed by atoms with van der Waals surface area (Å²) in [6, 6.07) is 13.9. The van der Waals surface area contributed by atoms with Crippen LogP contribution < -0.4 is 5.32 Å². The molecule has 2 aromatic carbocycles. The molecule has 0 radical (unpaired) electrons. The van der Waals surface area contributed by atoms with Gasteiger partial charge in [0.05, 0.1) is 21.8 Å². The quantitative estimate of drug-likeness (QED) is 0.466. The lowest BCUT2D eigenvalue weighted by Crippen LogP contribution is -2.44. The molecule has 1 aliphatic carbocycles. The van der Waals surface area contributed by atoms with Gasteiger partial charge in [-0.2, -0.15) is 0 Å². The standard InChI is InChI=1S/C24H22FN5OS/c1-30(23(31)17-7-3-2-6-16(17)22-26-12-5-13-27-22)20-9-4-8-18(20)28-24-29-19-11-10-15(25)14-21(19)32-24/h2-3,5-7,10-14,18,20H,4,8-9H2,1H3,(H,28,29). The molecule has 162 valence electrons. The average Bonchev–Trinajstić information content (AvgIpc) is 3.45. The van der Waals surface area contributed by atoms with Crippen molar-refractivity contribution in [1.29, 1.82) is 0 Å². The van der Waals surface area contributed by atoms with E-state index in [-0.39, 0.29) is 23.8 Å². The zero-order valence-corrected chi connectivity index (χ0v) is 18.3. The van der Waals surface area contributed by atoms with Gasteiger partial charge in [-0.25, -0.2) is 19.3 Å². The summed E-state index contributed by atoms with van der Waals surface area (Å²) in [6.45, 7) is 0. The molecule has 1 saturated carbocycles. The number of rotatable bonds is 5. The van der Waals surface area contributed by atoms with Crippen molar-refractivity contribution in [1.82, 2.24) is 19.9 Å². The van der Waals surface area contributed by atoms with Gasteiger partial charge in [0, 0.05) is 31.0 Å². The summed E-state index contributed by atoms with van der Waals surface area (Å²) >= 11 is 1.43. The minimum Gasteiger partial charge on any atom is -0.357 e. The van der Waals surface area contributed by atoms with E-state index in [0.29, 0.717) is 11.4 Å². The van der Waals surface area contributed by atoms with E-state index in [0.717, 1.165) is 40.2 Å². The number of amides is 1. The van der Waals surface area contributed by atoms with Gasteiger partial charge in [-0.1, -0.05) is 29.5 Å². The number of carbonyl (C=O) groups excluding carboxylic acids is 1. The summed E-state index contributed by atoms with van der Waals surface area (Å²) in [5, 5.41) is 4.25. The smallest absolute Gasteiger partial charge is 0.254 e. The molecule has 2 aromatic heterocycles. The molecule has 0 spiro atoms. The van der Waals surface area contributed by atoms with Crippen LogP contribution in [0.2, 0.25) is 0 Å². The topological polar surface area (TPSA) is 71.0 Å². The van der Waals surface area contributed by atoms with Gasteiger partial charge >= 0.3 is 0 Å². The van der Waals surface area contributed by atoms with Crippen LogP contribution in [-0.2, 0) is 0 Å². The second-order valence-corrected chi connectivity index (χ2v) is 8.94. The zero-order valence-electron chi connectivity index (χ0n) is 17.5. The highest BCUT2D eigenvalue weighted by Crippen LogP contribution is 2.32. The van der Waals surface area contributed by atoms with Crippen molar-refractivity contribution < 1.29 is 9.18 Å². The van der Waals surface area contributed by atoms with Gasteiger partial charge in [0.25, 0.3) is 5.91 Å². The minimum absolute atomic E-state index is 0.0241. The van der Waals surface area contributed by atoms with Crippen LogP contribution in [0.4, 0.5) is 9.52 Å². The first-order chi connectivity index (χ1) is 15.6. The van der Waals surface area contributed by atoms with Crippen molar-refractivity contribution in [2.24, 2.45) is 0 Å². The van der Waals surface area contributed by atoms with E-state index in [1.54, 1.807) is 24.5 Å². The molecule has 0 bridgehead atoms. The highest BCUT2D eigenvalue weighted by Gasteiger charge is 2.34. The van der Waals surface area contributed by atoms with Crippen LogP contribution in [0.5, 0.6) is 0 Å². The number of carbonyl (C=O) groups is 1. The molecule has 2 atom stereocenters. The Morgan fingerprint density at radius 3 is 2.78 bits per heavy atom. The lowest BCUT2D eigenvalue weighted by atomic mass is 10.0. The number of fused-ring (bicyclic) bond motifs is 1. The predicted octanol–water partition coefficient (Wildman–Crippen LogP) is 5.00. The second-order valence-electron chi connectivity index (χ2n) is 7.91. The molecular weight excluding hydrogens is 425 g/mol. The Morgan fingerprint density at radius 2 is 1.94 bits per heavy atom. The largest absolute Gasteiger partial charge is 0.357 e. The fourth-order valence-corrected chi connectivity index (χ4v) is 5.29. The number of hydrogen-bond donors (Lipinski definition) is 1. The van der Waals surface area contributed by atoms with Crippen molar-refractivity contribution in [3.05, 3.63) is 72.3 Å². The molecule has 0 saturated heterocycles. The number of thiazole rings is 1. The molecule has 1 N–H and O–H groups in total. The van der Waals surface area contributed by atoms with E-state index in [4.69, 9.17) is 0 Å². The Kier molecular flexibility index (Phi) is 5.53. The second kappa shape index (κ2) is 8.63. The molecule has 2 heterocycles. The van der Waals surface area contributed by atoms with E-state index in [1.807, 2.05) is 36.2 Å². The summed E-state index contributed by atoms with van der Waals surface area (Å²) in [5.41, 5.74) is 2.08. The molecule has 5 rings (SSSR count). The summed E-state index contributed by atoms with van der Waals surface area (Å²) in [5.74, 6) is 0.212. The number of halogens is 1. The normalized spacial score (nSPS) is 18.1. The lowest BCUT2D eigenvalue weighted by Gasteiger charge is -2.30. The molecule has 1 fully saturated rings. The summed E-state index contributed by atoms with van der Waals surface area (Å²) in [4.78, 5) is 28.5. The molecule has 32 heavy (non-hydrogen) atoms. The van der Waals surface area contributed by atoms with Crippen LogP contribution in [-0.4, -0.2) is 44.9 Å². The maximum absolute atomic E-state index is 13.5. The predicted molar refractivity (Wildman–Crippen MR) is 124 cm³/mol. The molecule has 1 amide bonds. The van der Waals surface area contributed by atoms with E-state index in [2.05, 4.69) is 20.3 Å². The van der Waals surface area contributed by atoms with Crippen molar-refractivity contribution in [2.45, 2.75) is 31.3 Å². The highest BCUT2D eigenvalue weighted by molar-refractivity contribution is 7.22. The van der Waals surface area contributed by atoms with Crippen LogP contribution in [0, 0.1) is 5.82 Å². The van der Waals surface area contributed by atoms with E-state index in [9.17, 15) is 9.18 Å². The fourth-order valence-electron chi connectivity index (χ4n) is 4.33. The van der Waals surface area contributed by atoms with Gasteiger partial charge < -0.3 is 10.2 Å². The van der Waals surface area contributed by atoms with Gasteiger partial charge in [-0.15, -0.1) is 0 Å². The van der Waals surface area contributed by atoms with Crippen LogP contribution in [0.15, 0.2) is 60.9 Å². The Bertz CT molecular complexity index is 1260. The van der Waals surface area contributed by atoms with Gasteiger partial charge in [0.2, 0.25) is 0 Å². The van der Waals surface area contributed by atoms with Crippen molar-refractivity contribution >= 4 is 32.6 Å². The Labute approximate surface area is 189 Å². The van der Waals surface area contributed by atoms with Crippen molar-refractivity contribution in [2.75, 3.05) is 12.4 Å². The SMILES string of the molecule is CN(C(=O)c1ccccc1-c1ncccn1)C1CCCC1Nc1nc2ccc(F)cc2s1. The number of benzene rings is 2. The number of anilines is 1. The molecule has 8 heteroatoms. The van der Waals surface area contributed by atoms with Gasteiger partial charge in [-0.05, 0) is 49.6 Å². The van der Waals surface area contributed by atoms with Crippen molar-refractivity contribution in [3.63, 3.8) is 0 Å². The third kappa shape index (κ3) is 3.93. The average molecular weight is 448 g/mol. The fraction of sp³-hybridized carbons (Fsp3) is 0.250. The Hall–Kier alpha value is -3.39. The molecule has 4 aromatic rings. The molecule has 1 aliphatic rings. The first-order valence-electron chi connectivity index (χ1n) is 10.6. The number of aromatic nitrogens is 3. The van der Waals surface area contributed by atoms with Crippen molar-refractivity contribution in [3.8, 4) is 11.4 Å². The van der Waals surface area contributed by atoms with Crippen LogP contribution in [0.3, 0.4) is 0 Å². The number of nitrogens with zero attached hydrogens (tertiary/aromatic N) is 4. The molecule has 2 unspecified atom stereocenters. The number of nitrogens with one attached hydrogen (secondary N) is 1. The minimum atomic E-state index is -0.266. The summed E-state index contributed by atoms with van der Waals surface area (Å²) in [6.07, 6.45) is 6.21. The van der Waals surface area contributed by atoms with Crippen LogP contribution >= 0.6 is 11.3 Å². The highest BCUT2D eigenvalue weighted by atomic mass is 32.1. The van der Waals surface area contributed by atoms with Gasteiger partial charge in [-0.3, -0.25) is 4.79 Å². The number of hydrogen-bond acceptors (Lipinski definition) is 6. The lowest BCUT2D eigenvalue weighted by molar-refractivity contribution is 0.0728. The Morgan fingerprint density at radius 1 is 1.12 bits per heavy atom. The zero-order chi connectivity index (χ0) is 22.1. The third-order valence-electron chi connectivity index (χ3n) is 5.92. The molecular formula is C24H22FN5OS. The first kappa shape index (κ1) is 20.5. The molecule has 6 nitrogen and oxygen atoms in total. The monoisotopic (exact) mass is 447 g/mol. The molecule has 0 aliphatic heterocycles. The van der Waals surface area contributed by atoms with Crippen LogP contribution in [0.1, 0.15) is 29.6 Å².